The number of nitro benzene ring substituents is 1. The highest BCUT2D eigenvalue weighted by molar-refractivity contribution is 5.77. The summed E-state index contributed by atoms with van der Waals surface area (Å²) in [4.78, 5) is 24.0. The number of hydrogen-bond acceptors (Lipinski definition) is 10. The summed E-state index contributed by atoms with van der Waals surface area (Å²) in [6.45, 7) is 2.05. The molecule has 11 nitrogen and oxygen atoms in total. The summed E-state index contributed by atoms with van der Waals surface area (Å²) in [6.07, 6.45) is 3.60. The molecule has 1 aromatic carbocycles. The molecule has 1 aliphatic heterocycles. The van der Waals surface area contributed by atoms with E-state index in [4.69, 9.17) is 4.74 Å². The van der Waals surface area contributed by atoms with Gasteiger partial charge in [-0.25, -0.2) is 15.4 Å². The highest BCUT2D eigenvalue weighted by Crippen LogP contribution is 2.38. The van der Waals surface area contributed by atoms with Crippen LogP contribution in [0.25, 0.3) is 5.57 Å². The number of hydrogen-bond donors (Lipinski definition) is 2. The van der Waals surface area contributed by atoms with Crippen molar-refractivity contribution in [2.45, 2.75) is 0 Å². The lowest BCUT2D eigenvalue weighted by Gasteiger charge is -2.22. The van der Waals surface area contributed by atoms with Gasteiger partial charge in [0.1, 0.15) is 11.4 Å². The number of nitrogens with one attached hydrogen (secondary N) is 2. The van der Waals surface area contributed by atoms with Crippen molar-refractivity contribution in [2.24, 2.45) is 0 Å². The van der Waals surface area contributed by atoms with Crippen molar-refractivity contribution >= 4 is 28.6 Å². The maximum atomic E-state index is 11.8. The second kappa shape index (κ2) is 9.58. The molecule has 0 amide bonds. The van der Waals surface area contributed by atoms with Crippen LogP contribution in [-0.4, -0.2) is 79.7 Å². The topological polar surface area (TPSA) is 112 Å². The normalized spacial score (nSPS) is 13.4. The largest absolute Gasteiger partial charge is 0.494 e. The van der Waals surface area contributed by atoms with Gasteiger partial charge in [-0.3, -0.25) is 10.1 Å². The maximum absolute atomic E-state index is 11.8. The van der Waals surface area contributed by atoms with E-state index in [1.807, 2.05) is 55.3 Å². The van der Waals surface area contributed by atoms with Crippen molar-refractivity contribution < 1.29 is 9.66 Å². The number of ether oxygens (including phenoxy) is 1. The van der Waals surface area contributed by atoms with Crippen LogP contribution >= 0.6 is 0 Å². The third kappa shape index (κ3) is 5.38. The summed E-state index contributed by atoms with van der Waals surface area (Å²) in [5.74, 6) is 0.794. The molecule has 31 heavy (non-hydrogen) atoms. The average Bonchev–Trinajstić information content (AvgIpc) is 3.18. The molecule has 0 saturated heterocycles. The molecule has 0 radical (unpaired) electrons. The monoisotopic (exact) mass is 428 g/mol. The van der Waals surface area contributed by atoms with Gasteiger partial charge in [0.2, 0.25) is 5.95 Å². The SMILES string of the molecule is COc1cc(N(C)CCN(C)C)c([N+](=O)[O-])cc1Nc1nccc(C2=CN(C)NC2)n1. The van der Waals surface area contributed by atoms with E-state index in [-0.39, 0.29) is 5.69 Å². The third-order valence-electron chi connectivity index (χ3n) is 4.89. The molecule has 0 saturated carbocycles. The minimum Gasteiger partial charge on any atom is -0.494 e. The van der Waals surface area contributed by atoms with Gasteiger partial charge in [0.25, 0.3) is 5.69 Å². The Morgan fingerprint density at radius 2 is 2.10 bits per heavy atom. The van der Waals surface area contributed by atoms with E-state index in [0.717, 1.165) is 17.8 Å². The summed E-state index contributed by atoms with van der Waals surface area (Å²) in [7, 11) is 9.18. The highest BCUT2D eigenvalue weighted by Gasteiger charge is 2.22. The second-order valence-corrected chi connectivity index (χ2v) is 7.51. The molecule has 0 unspecified atom stereocenters. The Balaban J connectivity index is 1.92. The van der Waals surface area contributed by atoms with Crippen LogP contribution in [0, 0.1) is 10.1 Å². The van der Waals surface area contributed by atoms with Gasteiger partial charge in [0.05, 0.1) is 23.4 Å². The number of hydrazine groups is 1. The summed E-state index contributed by atoms with van der Waals surface area (Å²) in [5.41, 5.74) is 5.83. The first-order valence-corrected chi connectivity index (χ1v) is 9.78. The maximum Gasteiger partial charge on any atom is 0.294 e. The van der Waals surface area contributed by atoms with Gasteiger partial charge < -0.3 is 24.9 Å². The Kier molecular flexibility index (Phi) is 6.88. The van der Waals surface area contributed by atoms with Crippen molar-refractivity contribution in [1.29, 1.82) is 0 Å². The van der Waals surface area contributed by atoms with Crippen LogP contribution in [0.4, 0.5) is 23.0 Å². The molecule has 0 aliphatic carbocycles. The van der Waals surface area contributed by atoms with E-state index in [2.05, 4.69) is 20.7 Å². The van der Waals surface area contributed by atoms with Gasteiger partial charge in [0, 0.05) is 63.8 Å². The fourth-order valence-corrected chi connectivity index (χ4v) is 3.16. The molecular weight excluding hydrogens is 400 g/mol. The van der Waals surface area contributed by atoms with E-state index in [0.29, 0.717) is 36.2 Å². The third-order valence-corrected chi connectivity index (χ3v) is 4.89. The summed E-state index contributed by atoms with van der Waals surface area (Å²) in [5, 5.41) is 16.7. The van der Waals surface area contributed by atoms with E-state index in [1.165, 1.54) is 13.2 Å². The lowest BCUT2D eigenvalue weighted by Crippen LogP contribution is -2.28. The van der Waals surface area contributed by atoms with E-state index in [9.17, 15) is 10.1 Å². The number of benzene rings is 1. The molecule has 2 aromatic rings. The molecule has 0 atom stereocenters. The quantitative estimate of drug-likeness (QED) is 0.454. The number of methoxy groups -OCH3 is 1. The van der Waals surface area contributed by atoms with Crippen molar-refractivity contribution in [3.8, 4) is 5.75 Å². The van der Waals surface area contributed by atoms with Crippen LogP contribution in [0.1, 0.15) is 5.69 Å². The van der Waals surface area contributed by atoms with Crippen LogP contribution < -0.4 is 20.4 Å². The molecule has 1 aliphatic rings. The first-order valence-electron chi connectivity index (χ1n) is 9.78. The van der Waals surface area contributed by atoms with Crippen LogP contribution in [0.15, 0.2) is 30.6 Å². The standard InChI is InChI=1S/C20H28N8O3/c1-25(2)8-9-26(3)17-11-19(31-5)16(10-18(17)28(29)30)24-20-21-7-6-15(23-20)14-12-22-27(4)13-14/h6-7,10-11,13,22H,8-9,12H2,1-5H3,(H,21,23,24). The Bertz CT molecular complexity index is 979. The van der Waals surface area contributed by atoms with Crippen molar-refractivity contribution in [3.05, 3.63) is 46.4 Å². The van der Waals surface area contributed by atoms with Crippen molar-refractivity contribution in [1.82, 2.24) is 25.3 Å². The summed E-state index contributed by atoms with van der Waals surface area (Å²) in [6, 6.07) is 4.94. The molecule has 1 aromatic heterocycles. The number of aromatic nitrogens is 2. The van der Waals surface area contributed by atoms with Crippen molar-refractivity contribution in [3.63, 3.8) is 0 Å². The molecule has 2 N–H and O–H groups in total. The Morgan fingerprint density at radius 3 is 2.71 bits per heavy atom. The number of nitro groups is 1. The predicted molar refractivity (Wildman–Crippen MR) is 121 cm³/mol. The minimum atomic E-state index is -0.395. The van der Waals surface area contributed by atoms with Gasteiger partial charge in [-0.2, -0.15) is 0 Å². The van der Waals surface area contributed by atoms with Crippen LogP contribution in [-0.2, 0) is 0 Å². The smallest absolute Gasteiger partial charge is 0.294 e. The molecule has 3 rings (SSSR count). The first kappa shape index (κ1) is 22.2. The number of anilines is 3. The van der Waals surface area contributed by atoms with Gasteiger partial charge in [-0.15, -0.1) is 0 Å². The first-order chi connectivity index (χ1) is 14.8. The zero-order valence-electron chi connectivity index (χ0n) is 18.4. The lowest BCUT2D eigenvalue weighted by molar-refractivity contribution is -0.384. The van der Waals surface area contributed by atoms with Crippen LogP contribution in [0.3, 0.4) is 0 Å². The number of likely N-dealkylation sites (N-methyl/N-ethyl adjacent to an activating group) is 2. The average molecular weight is 428 g/mol. The Hall–Kier alpha value is -3.44. The summed E-state index contributed by atoms with van der Waals surface area (Å²) < 4.78 is 5.51. The highest BCUT2D eigenvalue weighted by atomic mass is 16.6. The van der Waals surface area contributed by atoms with Crippen molar-refractivity contribution in [2.75, 3.05) is 65.2 Å². The van der Waals surface area contributed by atoms with Crippen LogP contribution in [0.2, 0.25) is 0 Å². The zero-order chi connectivity index (χ0) is 22.5. The zero-order valence-corrected chi connectivity index (χ0v) is 18.4. The Labute approximate surface area is 181 Å². The van der Waals surface area contributed by atoms with Gasteiger partial charge in [0.15, 0.2) is 0 Å². The number of rotatable bonds is 9. The van der Waals surface area contributed by atoms with Gasteiger partial charge >= 0.3 is 0 Å². The summed E-state index contributed by atoms with van der Waals surface area (Å²) >= 11 is 0. The molecule has 0 bridgehead atoms. The fourth-order valence-electron chi connectivity index (χ4n) is 3.16. The predicted octanol–water partition coefficient (Wildman–Crippen LogP) is 1.93. The number of nitrogens with zero attached hydrogens (tertiary/aromatic N) is 6. The Morgan fingerprint density at radius 1 is 1.32 bits per heavy atom. The fraction of sp³-hybridized carbons (Fsp3) is 0.400. The van der Waals surface area contributed by atoms with Gasteiger partial charge in [-0.05, 0) is 20.2 Å². The molecule has 0 spiro atoms. The van der Waals surface area contributed by atoms with Crippen LogP contribution in [0.5, 0.6) is 5.75 Å². The molecular formula is C20H28N8O3. The van der Waals surface area contributed by atoms with E-state index < -0.39 is 4.92 Å². The minimum absolute atomic E-state index is 0.0231. The molecule has 166 valence electrons. The van der Waals surface area contributed by atoms with E-state index in [1.54, 1.807) is 12.3 Å². The lowest BCUT2D eigenvalue weighted by atomic mass is 10.2. The molecule has 2 heterocycles. The molecule has 0 fully saturated rings. The van der Waals surface area contributed by atoms with E-state index >= 15 is 0 Å². The second-order valence-electron chi connectivity index (χ2n) is 7.51. The van der Waals surface area contributed by atoms with Gasteiger partial charge in [-0.1, -0.05) is 0 Å². The molecule has 11 heteroatoms.